The van der Waals surface area contributed by atoms with E-state index in [0.29, 0.717) is 6.04 Å². The number of halogens is 1. The standard InChI is InChI=1S/C12H20BrN3S/c1-10(16-7-5-14-6-8-16)9-15(2)12-4-3-11(13)17-12/h3-4,10,14H,5-9H2,1-2H3. The van der Waals surface area contributed by atoms with Gasteiger partial charge in [0.25, 0.3) is 0 Å². The molecule has 0 saturated carbocycles. The van der Waals surface area contributed by atoms with E-state index in [2.05, 4.69) is 57.2 Å². The van der Waals surface area contributed by atoms with E-state index in [1.165, 1.54) is 21.9 Å². The average Bonchev–Trinajstić information content (AvgIpc) is 2.77. The maximum atomic E-state index is 3.52. The van der Waals surface area contributed by atoms with E-state index >= 15 is 0 Å². The summed E-state index contributed by atoms with van der Waals surface area (Å²) in [5.74, 6) is 0. The molecule has 0 amide bonds. The van der Waals surface area contributed by atoms with Gasteiger partial charge in [0.15, 0.2) is 0 Å². The summed E-state index contributed by atoms with van der Waals surface area (Å²) in [7, 11) is 2.18. The van der Waals surface area contributed by atoms with Crippen molar-refractivity contribution in [3.05, 3.63) is 15.9 Å². The van der Waals surface area contributed by atoms with Crippen molar-refractivity contribution in [2.45, 2.75) is 13.0 Å². The van der Waals surface area contributed by atoms with Crippen LogP contribution in [-0.4, -0.2) is 50.7 Å². The molecule has 1 N–H and O–H groups in total. The van der Waals surface area contributed by atoms with Gasteiger partial charge in [0, 0.05) is 45.8 Å². The Balaban J connectivity index is 1.87. The van der Waals surface area contributed by atoms with Crippen LogP contribution in [0.15, 0.2) is 15.9 Å². The highest BCUT2D eigenvalue weighted by atomic mass is 79.9. The number of hydrogen-bond donors (Lipinski definition) is 1. The van der Waals surface area contributed by atoms with Gasteiger partial charge in [-0.3, -0.25) is 4.90 Å². The molecule has 1 aliphatic rings. The zero-order chi connectivity index (χ0) is 12.3. The first-order valence-corrected chi connectivity index (χ1v) is 7.69. The van der Waals surface area contributed by atoms with Crippen LogP contribution in [0.3, 0.4) is 0 Å². The Morgan fingerprint density at radius 3 is 2.76 bits per heavy atom. The number of nitrogens with one attached hydrogen (secondary N) is 1. The van der Waals surface area contributed by atoms with Gasteiger partial charge in [-0.15, -0.1) is 11.3 Å². The summed E-state index contributed by atoms with van der Waals surface area (Å²) in [6, 6.07) is 4.91. The highest BCUT2D eigenvalue weighted by Gasteiger charge is 2.18. The molecule has 0 aliphatic carbocycles. The molecule has 1 saturated heterocycles. The van der Waals surface area contributed by atoms with Gasteiger partial charge in [0.05, 0.1) is 8.79 Å². The minimum atomic E-state index is 0.614. The number of anilines is 1. The molecule has 0 radical (unpaired) electrons. The third kappa shape index (κ3) is 3.68. The monoisotopic (exact) mass is 317 g/mol. The van der Waals surface area contributed by atoms with E-state index in [-0.39, 0.29) is 0 Å². The summed E-state index contributed by atoms with van der Waals surface area (Å²) in [4.78, 5) is 4.91. The molecule has 3 nitrogen and oxygen atoms in total. The van der Waals surface area contributed by atoms with Crippen molar-refractivity contribution in [1.82, 2.24) is 10.2 Å². The lowest BCUT2D eigenvalue weighted by molar-refractivity contribution is 0.187. The molecule has 1 unspecified atom stereocenters. The van der Waals surface area contributed by atoms with E-state index in [0.717, 1.165) is 19.6 Å². The number of nitrogens with zero attached hydrogens (tertiary/aromatic N) is 2. The minimum absolute atomic E-state index is 0.614. The fraction of sp³-hybridized carbons (Fsp3) is 0.667. The molecule has 1 atom stereocenters. The van der Waals surface area contributed by atoms with E-state index in [1.54, 1.807) is 11.3 Å². The van der Waals surface area contributed by atoms with Crippen molar-refractivity contribution < 1.29 is 0 Å². The van der Waals surface area contributed by atoms with Crippen molar-refractivity contribution in [1.29, 1.82) is 0 Å². The molecule has 96 valence electrons. The van der Waals surface area contributed by atoms with E-state index < -0.39 is 0 Å². The lowest BCUT2D eigenvalue weighted by Crippen LogP contribution is -2.50. The summed E-state index contributed by atoms with van der Waals surface area (Å²) >= 11 is 5.31. The molecular formula is C12H20BrN3S. The second-order valence-electron chi connectivity index (χ2n) is 4.59. The molecule has 1 aromatic heterocycles. The Hall–Kier alpha value is -0.100. The number of piperazine rings is 1. The van der Waals surface area contributed by atoms with Gasteiger partial charge in [-0.25, -0.2) is 0 Å². The Morgan fingerprint density at radius 1 is 1.47 bits per heavy atom. The van der Waals surface area contributed by atoms with Crippen LogP contribution >= 0.6 is 27.3 Å². The van der Waals surface area contributed by atoms with Crippen molar-refractivity contribution in [2.24, 2.45) is 0 Å². The number of rotatable bonds is 4. The molecule has 17 heavy (non-hydrogen) atoms. The van der Waals surface area contributed by atoms with E-state index in [4.69, 9.17) is 0 Å². The third-order valence-electron chi connectivity index (χ3n) is 3.25. The largest absolute Gasteiger partial charge is 0.365 e. The van der Waals surface area contributed by atoms with Gasteiger partial charge in [-0.2, -0.15) is 0 Å². The second kappa shape index (κ2) is 6.18. The van der Waals surface area contributed by atoms with Gasteiger partial charge in [0.2, 0.25) is 0 Å². The predicted octanol–water partition coefficient (Wildman–Crippen LogP) is 2.24. The third-order valence-corrected chi connectivity index (χ3v) is 4.99. The molecule has 1 aliphatic heterocycles. The molecule has 0 aromatic carbocycles. The Bertz CT molecular complexity index is 349. The van der Waals surface area contributed by atoms with E-state index in [1.807, 2.05) is 0 Å². The molecule has 5 heteroatoms. The van der Waals surface area contributed by atoms with Crippen molar-refractivity contribution in [2.75, 3.05) is 44.7 Å². The topological polar surface area (TPSA) is 18.5 Å². The second-order valence-corrected chi connectivity index (χ2v) is 7.03. The molecule has 0 spiro atoms. The smallest absolute Gasteiger partial charge is 0.0918 e. The van der Waals surface area contributed by atoms with Crippen molar-refractivity contribution in [3.8, 4) is 0 Å². The normalized spacial score (nSPS) is 19.2. The zero-order valence-electron chi connectivity index (χ0n) is 10.4. The molecule has 1 fully saturated rings. The zero-order valence-corrected chi connectivity index (χ0v) is 12.9. The summed E-state index contributed by atoms with van der Waals surface area (Å²) in [5, 5.41) is 4.73. The molecule has 2 heterocycles. The first kappa shape index (κ1) is 13.3. The quantitative estimate of drug-likeness (QED) is 0.918. The number of hydrogen-bond acceptors (Lipinski definition) is 4. The summed E-state index contributed by atoms with van der Waals surface area (Å²) in [6.45, 7) is 8.00. The predicted molar refractivity (Wildman–Crippen MR) is 79.2 cm³/mol. The SMILES string of the molecule is CC(CN(C)c1ccc(Br)s1)N1CCNCC1. The van der Waals surface area contributed by atoms with E-state index in [9.17, 15) is 0 Å². The van der Waals surface area contributed by atoms with Crippen LogP contribution in [0.1, 0.15) is 6.92 Å². The van der Waals surface area contributed by atoms with Gasteiger partial charge in [0.1, 0.15) is 0 Å². The van der Waals surface area contributed by atoms with Crippen LogP contribution in [0.4, 0.5) is 5.00 Å². The Labute approximate surface area is 116 Å². The molecule has 0 bridgehead atoms. The van der Waals surface area contributed by atoms with Crippen LogP contribution in [0, 0.1) is 0 Å². The van der Waals surface area contributed by atoms with Crippen molar-refractivity contribution >= 4 is 32.3 Å². The highest BCUT2D eigenvalue weighted by molar-refractivity contribution is 9.11. The Morgan fingerprint density at radius 2 is 2.18 bits per heavy atom. The summed E-state index contributed by atoms with van der Waals surface area (Å²) in [6.07, 6.45) is 0. The molecule has 2 rings (SSSR count). The van der Waals surface area contributed by atoms with Gasteiger partial charge in [-0.05, 0) is 35.0 Å². The average molecular weight is 318 g/mol. The molecule has 1 aromatic rings. The Kier molecular flexibility index (Phi) is 4.85. The van der Waals surface area contributed by atoms with Crippen LogP contribution in [0.2, 0.25) is 0 Å². The van der Waals surface area contributed by atoms with Crippen LogP contribution in [-0.2, 0) is 0 Å². The molecular weight excluding hydrogens is 298 g/mol. The van der Waals surface area contributed by atoms with Gasteiger partial charge >= 0.3 is 0 Å². The summed E-state index contributed by atoms with van der Waals surface area (Å²) < 4.78 is 1.20. The summed E-state index contributed by atoms with van der Waals surface area (Å²) in [5.41, 5.74) is 0. The maximum Gasteiger partial charge on any atom is 0.0918 e. The number of thiophene rings is 1. The minimum Gasteiger partial charge on any atom is -0.365 e. The van der Waals surface area contributed by atoms with Crippen LogP contribution in [0.5, 0.6) is 0 Å². The fourth-order valence-electron chi connectivity index (χ4n) is 2.23. The van der Waals surface area contributed by atoms with Crippen molar-refractivity contribution in [3.63, 3.8) is 0 Å². The van der Waals surface area contributed by atoms with Gasteiger partial charge in [-0.1, -0.05) is 0 Å². The first-order chi connectivity index (χ1) is 8.16. The fourth-order valence-corrected chi connectivity index (χ4v) is 3.57. The van der Waals surface area contributed by atoms with Crippen LogP contribution in [0.25, 0.3) is 0 Å². The van der Waals surface area contributed by atoms with Gasteiger partial charge < -0.3 is 10.2 Å². The maximum absolute atomic E-state index is 3.52. The highest BCUT2D eigenvalue weighted by Crippen LogP contribution is 2.29. The lowest BCUT2D eigenvalue weighted by Gasteiger charge is -2.35. The lowest BCUT2D eigenvalue weighted by atomic mass is 10.2. The first-order valence-electron chi connectivity index (χ1n) is 6.08. The van der Waals surface area contributed by atoms with Crippen LogP contribution < -0.4 is 10.2 Å². The number of likely N-dealkylation sites (N-methyl/N-ethyl adjacent to an activating group) is 1.